The first-order chi connectivity index (χ1) is 8.15. The van der Waals surface area contributed by atoms with E-state index in [-0.39, 0.29) is 5.75 Å². The van der Waals surface area contributed by atoms with Crippen LogP contribution in [0.5, 0.6) is 11.5 Å². The van der Waals surface area contributed by atoms with Crippen molar-refractivity contribution >= 4 is 5.97 Å². The molecule has 1 aliphatic rings. The van der Waals surface area contributed by atoms with E-state index in [9.17, 15) is 4.79 Å². The van der Waals surface area contributed by atoms with Crippen LogP contribution in [-0.2, 0) is 9.53 Å². The number of ether oxygens (including phenoxy) is 2. The monoisotopic (exact) mass is 240 g/mol. The minimum absolute atomic E-state index is 0.181. The Bertz CT molecular complexity index is 358. The summed E-state index contributed by atoms with van der Waals surface area (Å²) in [7, 11) is 1.52. The van der Waals surface area contributed by atoms with E-state index in [1.165, 1.54) is 7.11 Å². The van der Waals surface area contributed by atoms with Crippen molar-refractivity contribution in [2.75, 3.05) is 13.7 Å². The van der Waals surface area contributed by atoms with Gasteiger partial charge in [0.25, 0.3) is 0 Å². The number of carbonyl (C=O) groups is 1. The summed E-state index contributed by atoms with van der Waals surface area (Å²) in [5.41, 5.74) is 0. The molecule has 0 saturated carbocycles. The summed E-state index contributed by atoms with van der Waals surface area (Å²) in [6, 6.07) is 6.84. The number of para-hydroxylation sites is 2. The fourth-order valence-electron chi connectivity index (χ4n) is 1.40. The summed E-state index contributed by atoms with van der Waals surface area (Å²) < 4.78 is 9.61. The van der Waals surface area contributed by atoms with Gasteiger partial charge in [-0.25, -0.2) is 4.79 Å². The summed E-state index contributed by atoms with van der Waals surface area (Å²) in [6.45, 7) is 0.608. The second kappa shape index (κ2) is 6.75. The van der Waals surface area contributed by atoms with Crippen molar-refractivity contribution in [3.63, 3.8) is 0 Å². The molecule has 1 aromatic carbocycles. The van der Waals surface area contributed by atoms with Gasteiger partial charge in [0.15, 0.2) is 17.6 Å². The van der Waals surface area contributed by atoms with Crippen molar-refractivity contribution < 1.29 is 24.5 Å². The highest BCUT2D eigenvalue weighted by molar-refractivity contribution is 5.72. The minimum atomic E-state index is -0.831. The Morgan fingerprint density at radius 3 is 2.53 bits per heavy atom. The van der Waals surface area contributed by atoms with Crippen LogP contribution in [0.4, 0.5) is 0 Å². The lowest BCUT2D eigenvalue weighted by Gasteiger charge is -1.99. The molecular formula is C12H16O5. The number of benzene rings is 1. The second-order valence-electron chi connectivity index (χ2n) is 3.51. The molecule has 1 aromatic rings. The molecule has 0 radical (unpaired) electrons. The van der Waals surface area contributed by atoms with E-state index in [4.69, 9.17) is 19.7 Å². The Morgan fingerprint density at radius 2 is 2.18 bits per heavy atom. The first-order valence-electron chi connectivity index (χ1n) is 5.31. The van der Waals surface area contributed by atoms with Gasteiger partial charge in [0.05, 0.1) is 7.11 Å². The number of methoxy groups -OCH3 is 1. The molecule has 1 unspecified atom stereocenters. The average molecular weight is 240 g/mol. The molecule has 1 fully saturated rings. The van der Waals surface area contributed by atoms with Gasteiger partial charge in [-0.05, 0) is 25.0 Å². The van der Waals surface area contributed by atoms with Crippen LogP contribution >= 0.6 is 0 Å². The predicted octanol–water partition coefficient (Wildman–Crippen LogP) is 1.65. The number of carboxylic acids is 1. The lowest BCUT2D eigenvalue weighted by Crippen LogP contribution is -2.17. The minimum Gasteiger partial charge on any atom is -0.504 e. The molecule has 1 atom stereocenters. The molecule has 0 spiro atoms. The van der Waals surface area contributed by atoms with E-state index in [1.807, 2.05) is 0 Å². The fourth-order valence-corrected chi connectivity index (χ4v) is 1.40. The van der Waals surface area contributed by atoms with E-state index >= 15 is 0 Å². The Kier molecular flexibility index (Phi) is 5.29. The highest BCUT2D eigenvalue weighted by Crippen LogP contribution is 2.23. The number of phenols is 1. The van der Waals surface area contributed by atoms with Crippen molar-refractivity contribution in [2.45, 2.75) is 18.9 Å². The van der Waals surface area contributed by atoms with Gasteiger partial charge in [-0.15, -0.1) is 0 Å². The molecule has 2 rings (SSSR count). The van der Waals surface area contributed by atoms with Crippen LogP contribution in [0.25, 0.3) is 0 Å². The Labute approximate surface area is 99.6 Å². The van der Waals surface area contributed by atoms with Crippen LogP contribution in [0.1, 0.15) is 12.8 Å². The maximum atomic E-state index is 10.1. The van der Waals surface area contributed by atoms with Gasteiger partial charge in [-0.3, -0.25) is 0 Å². The molecule has 17 heavy (non-hydrogen) atoms. The SMILES string of the molecule is COc1ccccc1O.O=C(O)C1CCCO1. The fraction of sp³-hybridized carbons (Fsp3) is 0.417. The van der Waals surface area contributed by atoms with Crippen LogP contribution in [0.2, 0.25) is 0 Å². The third-order valence-electron chi connectivity index (χ3n) is 2.29. The second-order valence-corrected chi connectivity index (χ2v) is 3.51. The molecule has 0 aliphatic carbocycles. The van der Waals surface area contributed by atoms with Crippen molar-refractivity contribution in [1.82, 2.24) is 0 Å². The number of aromatic hydroxyl groups is 1. The number of hydrogen-bond donors (Lipinski definition) is 2. The van der Waals surface area contributed by atoms with Crippen LogP contribution in [0.3, 0.4) is 0 Å². The van der Waals surface area contributed by atoms with Crippen molar-refractivity contribution in [2.24, 2.45) is 0 Å². The smallest absolute Gasteiger partial charge is 0.332 e. The number of rotatable bonds is 2. The molecule has 94 valence electrons. The summed E-state index contributed by atoms with van der Waals surface area (Å²) in [4.78, 5) is 10.1. The zero-order valence-electron chi connectivity index (χ0n) is 9.63. The quantitative estimate of drug-likeness (QED) is 0.822. The van der Waals surface area contributed by atoms with Gasteiger partial charge in [-0.1, -0.05) is 12.1 Å². The number of phenolic OH excluding ortho intramolecular Hbond substituents is 1. The molecule has 0 aromatic heterocycles. The molecule has 5 heteroatoms. The van der Waals surface area contributed by atoms with Gasteiger partial charge in [0.1, 0.15) is 0 Å². The zero-order chi connectivity index (χ0) is 12.7. The van der Waals surface area contributed by atoms with E-state index in [2.05, 4.69) is 0 Å². The molecule has 1 aliphatic heterocycles. The normalized spacial score (nSPS) is 18.1. The van der Waals surface area contributed by atoms with Crippen LogP contribution in [-0.4, -0.2) is 36.0 Å². The van der Waals surface area contributed by atoms with E-state index < -0.39 is 12.1 Å². The van der Waals surface area contributed by atoms with Gasteiger partial charge in [0.2, 0.25) is 0 Å². The molecule has 1 heterocycles. The van der Waals surface area contributed by atoms with Gasteiger partial charge < -0.3 is 19.7 Å². The average Bonchev–Trinajstić information content (AvgIpc) is 2.84. The first kappa shape index (κ1) is 13.3. The lowest BCUT2D eigenvalue weighted by atomic mass is 10.2. The molecule has 1 saturated heterocycles. The lowest BCUT2D eigenvalue weighted by molar-refractivity contribution is -0.147. The van der Waals surface area contributed by atoms with E-state index in [0.717, 1.165) is 6.42 Å². The predicted molar refractivity (Wildman–Crippen MR) is 61.3 cm³/mol. The Morgan fingerprint density at radius 1 is 1.47 bits per heavy atom. The summed E-state index contributed by atoms with van der Waals surface area (Å²) in [5.74, 6) is -0.139. The van der Waals surface area contributed by atoms with Crippen molar-refractivity contribution in [3.8, 4) is 11.5 Å². The van der Waals surface area contributed by atoms with E-state index in [0.29, 0.717) is 18.8 Å². The standard InChI is InChI=1S/C7H8O2.C5H8O3/c1-9-7-5-3-2-4-6(7)8;6-5(7)4-2-1-3-8-4/h2-5,8H,1H3;4H,1-3H2,(H,6,7). The number of carboxylic acid groups (broad SMARTS) is 1. The molecule has 0 bridgehead atoms. The van der Waals surface area contributed by atoms with Crippen molar-refractivity contribution in [1.29, 1.82) is 0 Å². The van der Waals surface area contributed by atoms with Gasteiger partial charge >= 0.3 is 5.97 Å². The highest BCUT2D eigenvalue weighted by Gasteiger charge is 2.21. The summed E-state index contributed by atoms with van der Waals surface area (Å²) >= 11 is 0. The molecular weight excluding hydrogens is 224 g/mol. The number of hydrogen-bond acceptors (Lipinski definition) is 4. The van der Waals surface area contributed by atoms with Crippen LogP contribution in [0, 0.1) is 0 Å². The Hall–Kier alpha value is -1.75. The maximum Gasteiger partial charge on any atom is 0.332 e. The zero-order valence-corrected chi connectivity index (χ0v) is 9.63. The van der Waals surface area contributed by atoms with Crippen molar-refractivity contribution in [3.05, 3.63) is 24.3 Å². The van der Waals surface area contributed by atoms with Gasteiger partial charge in [-0.2, -0.15) is 0 Å². The molecule has 0 amide bonds. The van der Waals surface area contributed by atoms with Crippen LogP contribution < -0.4 is 4.74 Å². The molecule has 5 nitrogen and oxygen atoms in total. The number of aliphatic carboxylic acids is 1. The van der Waals surface area contributed by atoms with E-state index in [1.54, 1.807) is 24.3 Å². The summed E-state index contributed by atoms with van der Waals surface area (Å²) in [5, 5.41) is 17.3. The molecule has 2 N–H and O–H groups in total. The van der Waals surface area contributed by atoms with Gasteiger partial charge in [0, 0.05) is 6.61 Å². The highest BCUT2D eigenvalue weighted by atomic mass is 16.5. The first-order valence-corrected chi connectivity index (χ1v) is 5.31. The third-order valence-corrected chi connectivity index (χ3v) is 2.29. The topological polar surface area (TPSA) is 76.0 Å². The Balaban J connectivity index is 0.000000171. The third kappa shape index (κ3) is 4.32. The van der Waals surface area contributed by atoms with Crippen LogP contribution in [0.15, 0.2) is 24.3 Å². The maximum absolute atomic E-state index is 10.1. The largest absolute Gasteiger partial charge is 0.504 e. The summed E-state index contributed by atoms with van der Waals surface area (Å²) in [6.07, 6.45) is 1.04.